The van der Waals surface area contributed by atoms with Crippen LogP contribution >= 0.6 is 12.4 Å². The van der Waals surface area contributed by atoms with Crippen molar-refractivity contribution in [3.8, 4) is 0 Å². The van der Waals surface area contributed by atoms with Crippen LogP contribution in [0.2, 0.25) is 0 Å². The molecule has 5 nitrogen and oxygen atoms in total. The van der Waals surface area contributed by atoms with Crippen LogP contribution in [0.3, 0.4) is 0 Å². The SMILES string of the molecule is Cl.NCCNC(=O)C1CCCN(C(=O)C2C3CC4CC(C3)CC2C4)C1. The molecule has 142 valence electrons. The number of carbonyl (C=O) groups excluding carboxylic acids is 2. The minimum Gasteiger partial charge on any atom is -0.355 e. The van der Waals surface area contributed by atoms with E-state index in [9.17, 15) is 9.59 Å². The van der Waals surface area contributed by atoms with Crippen molar-refractivity contribution >= 4 is 24.2 Å². The molecule has 4 bridgehead atoms. The van der Waals surface area contributed by atoms with Gasteiger partial charge in [-0.25, -0.2) is 0 Å². The molecule has 0 spiro atoms. The van der Waals surface area contributed by atoms with Gasteiger partial charge in [-0.3, -0.25) is 9.59 Å². The number of carbonyl (C=O) groups is 2. The maximum Gasteiger partial charge on any atom is 0.226 e. The van der Waals surface area contributed by atoms with E-state index in [0.29, 0.717) is 37.4 Å². The lowest BCUT2D eigenvalue weighted by Gasteiger charge is -2.54. The van der Waals surface area contributed by atoms with Crippen LogP contribution in [-0.2, 0) is 9.59 Å². The number of likely N-dealkylation sites (tertiary alicyclic amines) is 1. The van der Waals surface area contributed by atoms with Crippen molar-refractivity contribution in [1.82, 2.24) is 10.2 Å². The molecule has 5 rings (SSSR count). The average molecular weight is 370 g/mol. The fourth-order valence-corrected chi connectivity index (χ4v) is 6.27. The number of hydrogen-bond donors (Lipinski definition) is 2. The van der Waals surface area contributed by atoms with Gasteiger partial charge in [0, 0.05) is 32.1 Å². The molecule has 4 saturated carbocycles. The van der Waals surface area contributed by atoms with Crippen LogP contribution in [0.15, 0.2) is 0 Å². The quantitative estimate of drug-likeness (QED) is 0.793. The summed E-state index contributed by atoms with van der Waals surface area (Å²) < 4.78 is 0. The lowest BCUT2D eigenvalue weighted by atomic mass is 9.51. The molecule has 3 N–H and O–H groups in total. The van der Waals surface area contributed by atoms with Crippen LogP contribution in [0.25, 0.3) is 0 Å². The lowest BCUT2D eigenvalue weighted by Crippen LogP contribution is -2.54. The third kappa shape index (κ3) is 3.68. The van der Waals surface area contributed by atoms with Gasteiger partial charge in [0.25, 0.3) is 0 Å². The molecule has 0 aromatic heterocycles. The van der Waals surface area contributed by atoms with Crippen molar-refractivity contribution in [1.29, 1.82) is 0 Å². The molecule has 4 aliphatic carbocycles. The second-order valence-corrected chi connectivity index (χ2v) is 8.66. The number of piperidine rings is 1. The molecule has 6 heteroatoms. The Morgan fingerprint density at radius 3 is 2.28 bits per heavy atom. The maximum absolute atomic E-state index is 13.2. The number of amides is 2. The van der Waals surface area contributed by atoms with Crippen molar-refractivity contribution in [2.24, 2.45) is 41.2 Å². The fraction of sp³-hybridized carbons (Fsp3) is 0.895. The Balaban J connectivity index is 0.00000182. The van der Waals surface area contributed by atoms with Gasteiger partial charge < -0.3 is 16.0 Å². The standard InChI is InChI=1S/C19H31N3O2.ClH/c20-3-4-21-18(23)14-2-1-5-22(11-14)19(24)17-15-7-12-6-13(9-15)10-16(17)8-12;/h12-17H,1-11,20H2,(H,21,23);1H. The van der Waals surface area contributed by atoms with E-state index in [2.05, 4.69) is 5.32 Å². The zero-order valence-electron chi connectivity index (χ0n) is 15.0. The smallest absolute Gasteiger partial charge is 0.226 e. The Kier molecular flexibility index (Phi) is 5.94. The molecule has 0 aromatic carbocycles. The molecule has 1 saturated heterocycles. The molecule has 0 aromatic rings. The van der Waals surface area contributed by atoms with Gasteiger partial charge in [0.15, 0.2) is 0 Å². The monoisotopic (exact) mass is 369 g/mol. The minimum absolute atomic E-state index is 0. The summed E-state index contributed by atoms with van der Waals surface area (Å²) in [6.07, 6.45) is 8.35. The number of hydrogen-bond acceptors (Lipinski definition) is 3. The summed E-state index contributed by atoms with van der Waals surface area (Å²) in [4.78, 5) is 27.5. The van der Waals surface area contributed by atoms with Crippen molar-refractivity contribution in [3.05, 3.63) is 0 Å². The summed E-state index contributed by atoms with van der Waals surface area (Å²) in [6, 6.07) is 0. The molecule has 25 heavy (non-hydrogen) atoms. The predicted octanol–water partition coefficient (Wildman–Crippen LogP) is 1.79. The van der Waals surface area contributed by atoms with E-state index in [0.717, 1.165) is 31.2 Å². The predicted molar refractivity (Wildman–Crippen MR) is 99.2 cm³/mol. The highest BCUT2D eigenvalue weighted by Crippen LogP contribution is 2.56. The highest BCUT2D eigenvalue weighted by molar-refractivity contribution is 5.85. The van der Waals surface area contributed by atoms with Gasteiger partial charge in [0.2, 0.25) is 11.8 Å². The van der Waals surface area contributed by atoms with Crippen molar-refractivity contribution in [3.63, 3.8) is 0 Å². The largest absolute Gasteiger partial charge is 0.355 e. The van der Waals surface area contributed by atoms with Gasteiger partial charge in [-0.15, -0.1) is 12.4 Å². The highest BCUT2D eigenvalue weighted by Gasteiger charge is 2.51. The molecule has 1 heterocycles. The van der Waals surface area contributed by atoms with Crippen molar-refractivity contribution < 1.29 is 9.59 Å². The van der Waals surface area contributed by atoms with Crippen LogP contribution in [0, 0.1) is 35.5 Å². The van der Waals surface area contributed by atoms with Gasteiger partial charge in [0.1, 0.15) is 0 Å². The maximum atomic E-state index is 13.2. The van der Waals surface area contributed by atoms with E-state index < -0.39 is 0 Å². The Morgan fingerprint density at radius 2 is 1.68 bits per heavy atom. The molecule has 1 aliphatic heterocycles. The van der Waals surface area contributed by atoms with Crippen molar-refractivity contribution in [2.45, 2.75) is 44.9 Å². The van der Waals surface area contributed by atoms with E-state index in [4.69, 9.17) is 5.73 Å². The lowest BCUT2D eigenvalue weighted by molar-refractivity contribution is -0.151. The number of rotatable bonds is 4. The topological polar surface area (TPSA) is 75.4 Å². The molecule has 0 radical (unpaired) electrons. The van der Waals surface area contributed by atoms with Gasteiger partial charge in [-0.2, -0.15) is 0 Å². The minimum atomic E-state index is -0.0499. The van der Waals surface area contributed by atoms with Crippen molar-refractivity contribution in [2.75, 3.05) is 26.2 Å². The van der Waals surface area contributed by atoms with E-state index >= 15 is 0 Å². The summed E-state index contributed by atoms with van der Waals surface area (Å²) >= 11 is 0. The zero-order valence-corrected chi connectivity index (χ0v) is 15.8. The van der Waals surface area contributed by atoms with E-state index in [-0.39, 0.29) is 30.2 Å². The zero-order chi connectivity index (χ0) is 16.7. The van der Waals surface area contributed by atoms with Gasteiger partial charge >= 0.3 is 0 Å². The summed E-state index contributed by atoms with van der Waals surface area (Å²) in [5.74, 6) is 3.68. The van der Waals surface area contributed by atoms with E-state index in [1.807, 2.05) is 4.90 Å². The highest BCUT2D eigenvalue weighted by atomic mass is 35.5. The Bertz CT molecular complexity index is 485. The average Bonchev–Trinajstić information content (AvgIpc) is 2.58. The summed E-state index contributed by atoms with van der Waals surface area (Å²) in [6.45, 7) is 2.44. The molecular weight excluding hydrogens is 338 g/mol. The molecule has 5 fully saturated rings. The van der Waals surface area contributed by atoms with Crippen LogP contribution in [0.4, 0.5) is 0 Å². The first-order valence-electron chi connectivity index (χ1n) is 9.92. The molecule has 2 amide bonds. The first-order chi connectivity index (χ1) is 11.7. The molecule has 5 aliphatic rings. The van der Waals surface area contributed by atoms with Gasteiger partial charge in [-0.1, -0.05) is 0 Å². The van der Waals surface area contributed by atoms with Crippen LogP contribution in [-0.4, -0.2) is 42.9 Å². The van der Waals surface area contributed by atoms with E-state index in [1.54, 1.807) is 0 Å². The Hall–Kier alpha value is -0.810. The summed E-state index contributed by atoms with van der Waals surface area (Å²) in [5.41, 5.74) is 5.47. The normalized spacial score (nSPS) is 39.0. The van der Waals surface area contributed by atoms with Crippen LogP contribution < -0.4 is 11.1 Å². The van der Waals surface area contributed by atoms with Gasteiger partial charge in [0.05, 0.1) is 5.92 Å². The second kappa shape index (κ2) is 7.83. The first-order valence-corrected chi connectivity index (χ1v) is 9.92. The Labute approximate surface area is 156 Å². The summed E-state index contributed by atoms with van der Waals surface area (Å²) in [5, 5.41) is 2.89. The molecular formula is C19H32ClN3O2. The second-order valence-electron chi connectivity index (χ2n) is 8.66. The van der Waals surface area contributed by atoms with E-state index in [1.165, 1.54) is 32.1 Å². The Morgan fingerprint density at radius 1 is 1.04 bits per heavy atom. The van der Waals surface area contributed by atoms with Gasteiger partial charge in [-0.05, 0) is 68.6 Å². The molecule has 1 atom stereocenters. The number of nitrogens with zero attached hydrogens (tertiary/aromatic N) is 1. The summed E-state index contributed by atoms with van der Waals surface area (Å²) in [7, 11) is 0. The first kappa shape index (κ1) is 19.0. The third-order valence-corrected chi connectivity index (χ3v) is 7.06. The number of nitrogens with two attached hydrogens (primary N) is 1. The number of halogens is 1. The molecule has 1 unspecified atom stereocenters. The van der Waals surface area contributed by atoms with Crippen LogP contribution in [0.5, 0.6) is 0 Å². The van der Waals surface area contributed by atoms with Crippen LogP contribution in [0.1, 0.15) is 44.9 Å². The number of nitrogens with one attached hydrogen (secondary N) is 1. The third-order valence-electron chi connectivity index (χ3n) is 7.06. The fourth-order valence-electron chi connectivity index (χ4n) is 6.27.